The van der Waals surface area contributed by atoms with Crippen LogP contribution in [0.3, 0.4) is 0 Å². The van der Waals surface area contributed by atoms with Crippen LogP contribution in [0.4, 0.5) is 0 Å². The van der Waals surface area contributed by atoms with Gasteiger partial charge in [0.15, 0.2) is 18.1 Å². The summed E-state index contributed by atoms with van der Waals surface area (Å²) in [6.45, 7) is 0.604. The molecule has 1 aliphatic heterocycles. The summed E-state index contributed by atoms with van der Waals surface area (Å²) < 4.78 is 15.8. The zero-order valence-electron chi connectivity index (χ0n) is 15.2. The van der Waals surface area contributed by atoms with Crippen molar-refractivity contribution < 1.29 is 28.9 Å². The lowest BCUT2D eigenvalue weighted by Gasteiger charge is -2.29. The van der Waals surface area contributed by atoms with Crippen LogP contribution >= 0.6 is 0 Å². The molecule has 0 aromatic heterocycles. The summed E-state index contributed by atoms with van der Waals surface area (Å²) in [7, 11) is 3.18. The van der Waals surface area contributed by atoms with Crippen molar-refractivity contribution in [3.63, 3.8) is 0 Å². The Bertz CT molecular complexity index is 864. The predicted molar refractivity (Wildman–Crippen MR) is 97.6 cm³/mol. The van der Waals surface area contributed by atoms with Gasteiger partial charge < -0.3 is 24.2 Å². The van der Waals surface area contributed by atoms with Crippen LogP contribution in [0, 0.1) is 0 Å². The molecule has 0 atom stereocenters. The number of aliphatic carboxylic acids is 1. The number of rotatable bonds is 6. The Labute approximate surface area is 157 Å². The van der Waals surface area contributed by atoms with Gasteiger partial charge in [0.2, 0.25) is 0 Å². The zero-order chi connectivity index (χ0) is 19.4. The van der Waals surface area contributed by atoms with Crippen molar-refractivity contribution in [1.82, 2.24) is 4.90 Å². The fourth-order valence-corrected chi connectivity index (χ4v) is 3.10. The van der Waals surface area contributed by atoms with Gasteiger partial charge in [-0.2, -0.15) is 0 Å². The number of amides is 1. The Hall–Kier alpha value is -3.22. The third-order valence-corrected chi connectivity index (χ3v) is 4.45. The van der Waals surface area contributed by atoms with Crippen molar-refractivity contribution in [1.29, 1.82) is 0 Å². The molecule has 7 nitrogen and oxygen atoms in total. The maximum atomic E-state index is 12.9. The first-order valence-corrected chi connectivity index (χ1v) is 8.49. The van der Waals surface area contributed by atoms with E-state index in [9.17, 15) is 9.59 Å². The summed E-state index contributed by atoms with van der Waals surface area (Å²) in [5, 5.41) is 8.71. The summed E-state index contributed by atoms with van der Waals surface area (Å²) in [6.07, 6.45) is 0.719. The summed E-state index contributed by atoms with van der Waals surface area (Å²) >= 11 is 0. The van der Waals surface area contributed by atoms with E-state index in [1.54, 1.807) is 43.4 Å². The maximum Gasteiger partial charge on any atom is 0.341 e. The van der Waals surface area contributed by atoms with Gasteiger partial charge in [-0.25, -0.2) is 4.79 Å². The first-order valence-electron chi connectivity index (χ1n) is 8.49. The molecule has 0 radical (unpaired) electrons. The van der Waals surface area contributed by atoms with Crippen molar-refractivity contribution in [3.05, 3.63) is 53.1 Å². The van der Waals surface area contributed by atoms with Crippen LogP contribution in [0.5, 0.6) is 17.2 Å². The number of methoxy groups -OCH3 is 2. The molecule has 0 aliphatic carbocycles. The molecular weight excluding hydrogens is 350 g/mol. The highest BCUT2D eigenvalue weighted by Crippen LogP contribution is 2.33. The van der Waals surface area contributed by atoms with Crippen LogP contribution in [0.2, 0.25) is 0 Å². The smallest absolute Gasteiger partial charge is 0.341 e. The number of carboxylic acid groups (broad SMARTS) is 1. The third kappa shape index (κ3) is 4.13. The topological polar surface area (TPSA) is 85.3 Å². The Morgan fingerprint density at radius 1 is 1.07 bits per heavy atom. The summed E-state index contributed by atoms with van der Waals surface area (Å²) in [5.74, 6) is 0.473. The van der Waals surface area contributed by atoms with Crippen molar-refractivity contribution in [2.24, 2.45) is 0 Å². The fourth-order valence-electron chi connectivity index (χ4n) is 3.10. The van der Waals surface area contributed by atoms with E-state index in [4.69, 9.17) is 19.3 Å². The minimum absolute atomic E-state index is 0.129. The number of nitrogens with zero attached hydrogens (tertiary/aromatic N) is 1. The molecule has 1 heterocycles. The van der Waals surface area contributed by atoms with Gasteiger partial charge in [-0.05, 0) is 47.9 Å². The number of ether oxygens (including phenoxy) is 3. The average Bonchev–Trinajstić information content (AvgIpc) is 2.70. The molecule has 0 saturated carbocycles. The van der Waals surface area contributed by atoms with Gasteiger partial charge in [-0.15, -0.1) is 0 Å². The summed E-state index contributed by atoms with van der Waals surface area (Å²) in [4.78, 5) is 25.3. The van der Waals surface area contributed by atoms with Gasteiger partial charge >= 0.3 is 5.97 Å². The van der Waals surface area contributed by atoms with E-state index in [1.807, 2.05) is 12.1 Å². The second-order valence-corrected chi connectivity index (χ2v) is 6.16. The quantitative estimate of drug-likeness (QED) is 0.839. The molecular formula is C20H21NO6. The Kier molecular flexibility index (Phi) is 5.49. The summed E-state index contributed by atoms with van der Waals surface area (Å²) in [5.41, 5.74) is 2.61. The lowest BCUT2D eigenvalue weighted by Crippen LogP contribution is -2.36. The molecule has 142 valence electrons. The minimum atomic E-state index is -1.07. The second kappa shape index (κ2) is 7.99. The van der Waals surface area contributed by atoms with Crippen LogP contribution in [0.15, 0.2) is 36.4 Å². The first kappa shape index (κ1) is 18.6. The molecule has 2 aromatic carbocycles. The van der Waals surface area contributed by atoms with Gasteiger partial charge in [0.05, 0.1) is 14.2 Å². The minimum Gasteiger partial charge on any atom is -0.493 e. The van der Waals surface area contributed by atoms with Gasteiger partial charge in [0.1, 0.15) is 5.75 Å². The maximum absolute atomic E-state index is 12.9. The highest BCUT2D eigenvalue weighted by molar-refractivity contribution is 5.94. The van der Waals surface area contributed by atoms with E-state index in [2.05, 4.69) is 0 Å². The molecule has 0 spiro atoms. The number of carbonyl (C=O) groups excluding carboxylic acids is 1. The van der Waals surface area contributed by atoms with Crippen molar-refractivity contribution >= 4 is 11.9 Å². The number of carboxylic acids is 1. The molecule has 1 amide bonds. The van der Waals surface area contributed by atoms with E-state index < -0.39 is 12.6 Å². The fraction of sp³-hybridized carbons (Fsp3) is 0.300. The SMILES string of the molecule is COc1cc2c(cc1OC)CN(C(=O)c1cccc(OCC(=O)O)c1)CC2. The predicted octanol–water partition coefficient (Wildman–Crippen LogP) is 2.37. The van der Waals surface area contributed by atoms with Crippen LogP contribution in [-0.4, -0.2) is 49.3 Å². The molecule has 0 fully saturated rings. The van der Waals surface area contributed by atoms with Gasteiger partial charge in [-0.1, -0.05) is 6.07 Å². The number of hydrogen-bond donors (Lipinski definition) is 1. The second-order valence-electron chi connectivity index (χ2n) is 6.16. The van der Waals surface area contributed by atoms with Crippen LogP contribution in [-0.2, 0) is 17.8 Å². The Morgan fingerprint density at radius 2 is 1.78 bits per heavy atom. The first-order chi connectivity index (χ1) is 13.0. The normalized spacial score (nSPS) is 12.9. The summed E-state index contributed by atoms with van der Waals surface area (Å²) in [6, 6.07) is 10.4. The molecule has 0 unspecified atom stereocenters. The number of hydrogen-bond acceptors (Lipinski definition) is 5. The Balaban J connectivity index is 1.77. The van der Waals surface area contributed by atoms with Crippen LogP contribution in [0.25, 0.3) is 0 Å². The van der Waals surface area contributed by atoms with Crippen molar-refractivity contribution in [2.75, 3.05) is 27.4 Å². The number of fused-ring (bicyclic) bond motifs is 1. The van der Waals surface area contributed by atoms with Gasteiger partial charge in [0, 0.05) is 18.7 Å². The highest BCUT2D eigenvalue weighted by atomic mass is 16.5. The standard InChI is InChI=1S/C20H21NO6/c1-25-17-9-13-6-7-21(11-15(13)10-18(17)26-2)20(24)14-4-3-5-16(8-14)27-12-19(22)23/h3-5,8-10H,6-7,11-12H2,1-2H3,(H,22,23). The Morgan fingerprint density at radius 3 is 2.44 bits per heavy atom. The zero-order valence-corrected chi connectivity index (χ0v) is 15.2. The molecule has 3 rings (SSSR count). The molecule has 0 saturated heterocycles. The monoisotopic (exact) mass is 371 g/mol. The lowest BCUT2D eigenvalue weighted by atomic mass is 9.98. The van der Waals surface area contributed by atoms with E-state index in [0.29, 0.717) is 35.9 Å². The lowest BCUT2D eigenvalue weighted by molar-refractivity contribution is -0.139. The average molecular weight is 371 g/mol. The van der Waals surface area contributed by atoms with E-state index in [-0.39, 0.29) is 5.91 Å². The molecule has 1 aliphatic rings. The third-order valence-electron chi connectivity index (χ3n) is 4.45. The molecule has 7 heteroatoms. The van der Waals surface area contributed by atoms with Crippen molar-refractivity contribution in [3.8, 4) is 17.2 Å². The van der Waals surface area contributed by atoms with Crippen LogP contribution < -0.4 is 14.2 Å². The highest BCUT2D eigenvalue weighted by Gasteiger charge is 2.24. The van der Waals surface area contributed by atoms with Gasteiger partial charge in [-0.3, -0.25) is 4.79 Å². The van der Waals surface area contributed by atoms with E-state index in [1.165, 1.54) is 0 Å². The number of benzene rings is 2. The largest absolute Gasteiger partial charge is 0.493 e. The van der Waals surface area contributed by atoms with Crippen LogP contribution in [0.1, 0.15) is 21.5 Å². The molecule has 1 N–H and O–H groups in total. The van der Waals surface area contributed by atoms with Crippen molar-refractivity contribution in [2.45, 2.75) is 13.0 Å². The molecule has 2 aromatic rings. The van der Waals surface area contributed by atoms with E-state index >= 15 is 0 Å². The van der Waals surface area contributed by atoms with Gasteiger partial charge in [0.25, 0.3) is 5.91 Å². The number of carbonyl (C=O) groups is 2. The molecule has 27 heavy (non-hydrogen) atoms. The molecule has 0 bridgehead atoms. The van der Waals surface area contributed by atoms with E-state index in [0.717, 1.165) is 17.5 Å².